The molecule has 26 heavy (non-hydrogen) atoms. The van der Waals surface area contributed by atoms with Crippen LogP contribution in [0.1, 0.15) is 101 Å². The van der Waals surface area contributed by atoms with E-state index in [-0.39, 0.29) is 12.1 Å². The van der Waals surface area contributed by atoms with Crippen molar-refractivity contribution in [3.05, 3.63) is 48.0 Å². The maximum absolute atomic E-state index is 12.0. The van der Waals surface area contributed by atoms with Crippen molar-refractivity contribution in [1.82, 2.24) is 0 Å². The lowest BCUT2D eigenvalue weighted by Gasteiger charge is -2.13. The van der Waals surface area contributed by atoms with E-state index in [0.717, 1.165) is 12.8 Å². The number of allylic oxidation sites excluding steroid dienone is 2. The molecule has 0 aromatic heterocycles. The third-order valence-electron chi connectivity index (χ3n) is 4.69. The average Bonchev–Trinajstić information content (AvgIpc) is 2.66. The molecule has 0 amide bonds. The molecular weight excluding hydrogens is 320 g/mol. The molecule has 1 aromatic rings. The van der Waals surface area contributed by atoms with Crippen LogP contribution in [-0.4, -0.2) is 12.1 Å². The number of hydrogen-bond acceptors (Lipinski definition) is 2. The minimum Gasteiger partial charge on any atom is -0.459 e. The highest BCUT2D eigenvalue weighted by Crippen LogP contribution is 2.13. The Kier molecular flexibility index (Phi) is 13.5. The van der Waals surface area contributed by atoms with Crippen LogP contribution in [0.15, 0.2) is 42.5 Å². The second kappa shape index (κ2) is 15.7. The molecule has 146 valence electrons. The topological polar surface area (TPSA) is 26.3 Å². The molecule has 0 N–H and O–H groups in total. The molecule has 1 aromatic carbocycles. The average molecular weight is 359 g/mol. The van der Waals surface area contributed by atoms with E-state index < -0.39 is 0 Å². The van der Waals surface area contributed by atoms with Crippen LogP contribution < -0.4 is 0 Å². The summed E-state index contributed by atoms with van der Waals surface area (Å²) in [5.74, 6) is -0.207. The van der Waals surface area contributed by atoms with Crippen molar-refractivity contribution in [3.63, 3.8) is 0 Å². The van der Waals surface area contributed by atoms with Gasteiger partial charge in [-0.3, -0.25) is 0 Å². The molecule has 1 rings (SSSR count). The summed E-state index contributed by atoms with van der Waals surface area (Å²) in [4.78, 5) is 12.0. The lowest BCUT2D eigenvalue weighted by Crippen LogP contribution is -2.14. The van der Waals surface area contributed by atoms with Gasteiger partial charge < -0.3 is 4.74 Å². The Balaban J connectivity index is 1.91. The molecule has 0 bridgehead atoms. The Bertz CT molecular complexity index is 478. The maximum Gasteiger partial charge on any atom is 0.338 e. The lowest BCUT2D eigenvalue weighted by atomic mass is 10.1. The van der Waals surface area contributed by atoms with Crippen LogP contribution >= 0.6 is 0 Å². The first-order valence-electron chi connectivity index (χ1n) is 10.6. The van der Waals surface area contributed by atoms with Crippen LogP contribution in [0.4, 0.5) is 0 Å². The van der Waals surface area contributed by atoms with Crippen molar-refractivity contribution < 1.29 is 9.53 Å². The fraction of sp³-hybridized carbons (Fsp3) is 0.625. The predicted octanol–water partition coefficient (Wildman–Crippen LogP) is 7.49. The monoisotopic (exact) mass is 358 g/mol. The Morgan fingerprint density at radius 3 is 2.12 bits per heavy atom. The molecule has 0 aliphatic carbocycles. The van der Waals surface area contributed by atoms with Crippen LogP contribution in [0, 0.1) is 0 Å². The van der Waals surface area contributed by atoms with Crippen molar-refractivity contribution >= 4 is 5.97 Å². The third-order valence-corrected chi connectivity index (χ3v) is 4.69. The zero-order valence-electron chi connectivity index (χ0n) is 16.9. The molecule has 0 saturated carbocycles. The van der Waals surface area contributed by atoms with Gasteiger partial charge in [-0.1, -0.05) is 82.2 Å². The quantitative estimate of drug-likeness (QED) is 0.184. The van der Waals surface area contributed by atoms with Crippen molar-refractivity contribution in [2.75, 3.05) is 0 Å². The number of hydrogen-bond donors (Lipinski definition) is 0. The van der Waals surface area contributed by atoms with Crippen LogP contribution in [0.25, 0.3) is 0 Å². The summed E-state index contributed by atoms with van der Waals surface area (Å²) >= 11 is 0. The van der Waals surface area contributed by atoms with Gasteiger partial charge in [-0.2, -0.15) is 0 Å². The fourth-order valence-corrected chi connectivity index (χ4v) is 3.02. The van der Waals surface area contributed by atoms with Gasteiger partial charge in [0.05, 0.1) is 11.7 Å². The van der Waals surface area contributed by atoms with Gasteiger partial charge in [0.25, 0.3) is 0 Å². The largest absolute Gasteiger partial charge is 0.459 e. The van der Waals surface area contributed by atoms with Gasteiger partial charge in [-0.25, -0.2) is 4.79 Å². The molecule has 2 nitrogen and oxygen atoms in total. The molecule has 1 atom stereocenters. The Hall–Kier alpha value is -1.57. The van der Waals surface area contributed by atoms with E-state index in [9.17, 15) is 4.79 Å². The summed E-state index contributed by atoms with van der Waals surface area (Å²) in [6.07, 6.45) is 19.8. The van der Waals surface area contributed by atoms with Crippen molar-refractivity contribution in [2.45, 2.75) is 97.0 Å². The molecule has 0 aliphatic rings. The molecule has 0 saturated heterocycles. The first-order valence-corrected chi connectivity index (χ1v) is 10.6. The van der Waals surface area contributed by atoms with Gasteiger partial charge in [0.15, 0.2) is 0 Å². The Morgan fingerprint density at radius 1 is 0.885 bits per heavy atom. The summed E-state index contributed by atoms with van der Waals surface area (Å²) in [6, 6.07) is 9.24. The second-order valence-corrected chi connectivity index (χ2v) is 7.25. The van der Waals surface area contributed by atoms with E-state index in [1.807, 2.05) is 25.1 Å². The molecule has 0 heterocycles. The zero-order valence-corrected chi connectivity index (χ0v) is 16.9. The van der Waals surface area contributed by atoms with Crippen LogP contribution in [0.2, 0.25) is 0 Å². The fourth-order valence-electron chi connectivity index (χ4n) is 3.02. The molecule has 0 radical (unpaired) electrons. The molecule has 0 aliphatic heterocycles. The maximum atomic E-state index is 12.0. The first kappa shape index (κ1) is 22.5. The Morgan fingerprint density at radius 2 is 1.46 bits per heavy atom. The first-order chi connectivity index (χ1) is 12.7. The number of unbranched alkanes of at least 4 members (excludes halogenated alkanes) is 9. The number of esters is 1. The standard InChI is InChI=1S/C24H38O2/c1-3-4-5-6-7-8-9-10-11-12-13-14-16-19-22(2)26-24(25)23-20-17-15-18-21-23/h6-7,15,17-18,20-22H,3-5,8-14,16,19H2,1-2H3/t22-/m0/s1. The van der Waals surface area contributed by atoms with Crippen molar-refractivity contribution in [1.29, 1.82) is 0 Å². The highest BCUT2D eigenvalue weighted by molar-refractivity contribution is 5.89. The predicted molar refractivity (Wildman–Crippen MR) is 112 cm³/mol. The van der Waals surface area contributed by atoms with Crippen LogP contribution in [0.3, 0.4) is 0 Å². The number of ether oxygens (including phenoxy) is 1. The highest BCUT2D eigenvalue weighted by Gasteiger charge is 2.10. The molecule has 2 heteroatoms. The second-order valence-electron chi connectivity index (χ2n) is 7.25. The summed E-state index contributed by atoms with van der Waals surface area (Å²) in [5.41, 5.74) is 0.638. The van der Waals surface area contributed by atoms with Crippen molar-refractivity contribution in [3.8, 4) is 0 Å². The van der Waals surface area contributed by atoms with Gasteiger partial charge in [-0.05, 0) is 51.2 Å². The smallest absolute Gasteiger partial charge is 0.338 e. The van der Waals surface area contributed by atoms with E-state index in [0.29, 0.717) is 5.56 Å². The molecule has 0 spiro atoms. The van der Waals surface area contributed by atoms with Crippen LogP contribution in [0.5, 0.6) is 0 Å². The Labute approximate surface area is 161 Å². The number of carbonyl (C=O) groups excluding carboxylic acids is 1. The SMILES string of the molecule is CCCCC=CCCCCCCCCC[C@H](C)OC(=O)c1ccccc1. The lowest BCUT2D eigenvalue weighted by molar-refractivity contribution is 0.0319. The van der Waals surface area contributed by atoms with Crippen molar-refractivity contribution in [2.24, 2.45) is 0 Å². The number of rotatable bonds is 15. The summed E-state index contributed by atoms with van der Waals surface area (Å²) in [5, 5.41) is 0. The third kappa shape index (κ3) is 11.9. The van der Waals surface area contributed by atoms with Gasteiger partial charge >= 0.3 is 5.97 Å². The number of benzene rings is 1. The molecule has 0 fully saturated rings. The van der Waals surface area contributed by atoms with Crippen LogP contribution in [-0.2, 0) is 4.74 Å². The summed E-state index contributed by atoms with van der Waals surface area (Å²) in [6.45, 7) is 4.24. The number of carbonyl (C=O) groups is 1. The minimum atomic E-state index is -0.207. The summed E-state index contributed by atoms with van der Waals surface area (Å²) < 4.78 is 5.50. The molecular formula is C24H38O2. The molecule has 0 unspecified atom stereocenters. The highest BCUT2D eigenvalue weighted by atomic mass is 16.5. The summed E-state index contributed by atoms with van der Waals surface area (Å²) in [7, 11) is 0. The normalized spacial score (nSPS) is 12.4. The van der Waals surface area contributed by atoms with Gasteiger partial charge in [0.1, 0.15) is 0 Å². The van der Waals surface area contributed by atoms with E-state index in [4.69, 9.17) is 4.74 Å². The van der Waals surface area contributed by atoms with Gasteiger partial charge in [-0.15, -0.1) is 0 Å². The van der Waals surface area contributed by atoms with E-state index in [2.05, 4.69) is 19.1 Å². The van der Waals surface area contributed by atoms with Gasteiger partial charge in [0, 0.05) is 0 Å². The minimum absolute atomic E-state index is 0.00204. The van der Waals surface area contributed by atoms with Gasteiger partial charge in [0.2, 0.25) is 0 Å². The van der Waals surface area contributed by atoms with E-state index >= 15 is 0 Å². The van der Waals surface area contributed by atoms with E-state index in [1.165, 1.54) is 64.2 Å². The zero-order chi connectivity index (χ0) is 18.9. The van der Waals surface area contributed by atoms with E-state index in [1.54, 1.807) is 12.1 Å².